The van der Waals surface area contributed by atoms with E-state index in [0.29, 0.717) is 12.4 Å². The summed E-state index contributed by atoms with van der Waals surface area (Å²) in [5.74, 6) is -0.132. The zero-order valence-corrected chi connectivity index (χ0v) is 7.12. The van der Waals surface area contributed by atoms with Crippen LogP contribution >= 0.6 is 11.8 Å². The largest absolute Gasteiger partial charge is 0.480 e. The summed E-state index contributed by atoms with van der Waals surface area (Å²) in [5, 5.41) is 9.84. The van der Waals surface area contributed by atoms with Crippen LogP contribution in [-0.2, 0) is 4.79 Å². The van der Waals surface area contributed by atoms with Gasteiger partial charge in [-0.2, -0.15) is 0 Å². The second kappa shape index (κ2) is 2.82. The molecule has 2 rings (SSSR count). The predicted octanol–water partition coefficient (Wildman–Crippen LogP) is 0.372. The van der Waals surface area contributed by atoms with E-state index in [2.05, 4.69) is 4.99 Å². The lowest BCUT2D eigenvalue weighted by molar-refractivity contribution is -0.141. The van der Waals surface area contributed by atoms with E-state index in [1.807, 2.05) is 11.0 Å². The number of allylic oxidation sites excluding steroid dienone is 1. The van der Waals surface area contributed by atoms with Gasteiger partial charge in [-0.3, -0.25) is 4.99 Å². The number of nitrogens with zero attached hydrogens (tertiary/aromatic N) is 2. The molecule has 12 heavy (non-hydrogen) atoms. The molecule has 1 saturated heterocycles. The van der Waals surface area contributed by atoms with Gasteiger partial charge in [0, 0.05) is 12.0 Å². The van der Waals surface area contributed by atoms with Gasteiger partial charge in [0.2, 0.25) is 0 Å². The van der Waals surface area contributed by atoms with Gasteiger partial charge in [-0.1, -0.05) is 0 Å². The Kier molecular flexibility index (Phi) is 1.80. The summed E-state index contributed by atoms with van der Waals surface area (Å²) in [6.07, 6.45) is 3.58. The lowest BCUT2D eigenvalue weighted by Gasteiger charge is -2.23. The van der Waals surface area contributed by atoms with Crippen LogP contribution in [0.25, 0.3) is 0 Å². The Labute approximate surface area is 74.0 Å². The SMILES string of the molecule is O=C(O)C1CSC2=CC=NCN21. The Balaban J connectivity index is 2.20. The summed E-state index contributed by atoms with van der Waals surface area (Å²) >= 11 is 1.58. The van der Waals surface area contributed by atoms with Crippen molar-refractivity contribution in [2.75, 3.05) is 12.4 Å². The smallest absolute Gasteiger partial charge is 0.327 e. The van der Waals surface area contributed by atoms with Crippen molar-refractivity contribution >= 4 is 23.9 Å². The molecule has 1 fully saturated rings. The van der Waals surface area contributed by atoms with Crippen LogP contribution in [0.4, 0.5) is 0 Å². The number of rotatable bonds is 1. The average molecular weight is 184 g/mol. The predicted molar refractivity (Wildman–Crippen MR) is 47.2 cm³/mol. The zero-order valence-electron chi connectivity index (χ0n) is 6.30. The van der Waals surface area contributed by atoms with E-state index in [-0.39, 0.29) is 0 Å². The summed E-state index contributed by atoms with van der Waals surface area (Å²) in [4.78, 5) is 16.5. The fourth-order valence-electron chi connectivity index (χ4n) is 1.26. The normalized spacial score (nSPS) is 26.8. The number of fused-ring (bicyclic) bond motifs is 1. The van der Waals surface area contributed by atoms with E-state index in [0.717, 1.165) is 5.03 Å². The molecule has 1 atom stereocenters. The van der Waals surface area contributed by atoms with Crippen LogP contribution in [0.15, 0.2) is 16.1 Å². The molecule has 0 aromatic carbocycles. The minimum atomic E-state index is -0.761. The van der Waals surface area contributed by atoms with Gasteiger partial charge in [0.1, 0.15) is 12.7 Å². The Morgan fingerprint density at radius 1 is 1.83 bits per heavy atom. The molecular formula is C7H8N2O2S. The van der Waals surface area contributed by atoms with Gasteiger partial charge < -0.3 is 10.0 Å². The van der Waals surface area contributed by atoms with Crippen molar-refractivity contribution in [1.82, 2.24) is 4.90 Å². The molecule has 2 aliphatic heterocycles. The van der Waals surface area contributed by atoms with E-state index >= 15 is 0 Å². The molecule has 2 heterocycles. The first-order valence-corrected chi connectivity index (χ1v) is 4.60. The molecule has 4 nitrogen and oxygen atoms in total. The number of aliphatic imine (C=N–C) groups is 1. The number of hydrogen-bond acceptors (Lipinski definition) is 4. The van der Waals surface area contributed by atoms with Crippen LogP contribution in [0.2, 0.25) is 0 Å². The van der Waals surface area contributed by atoms with E-state index in [9.17, 15) is 4.79 Å². The van der Waals surface area contributed by atoms with Crippen molar-refractivity contribution in [1.29, 1.82) is 0 Å². The lowest BCUT2D eigenvalue weighted by Crippen LogP contribution is -2.37. The molecule has 64 valence electrons. The molecule has 1 unspecified atom stereocenters. The number of aliphatic carboxylic acids is 1. The highest BCUT2D eigenvalue weighted by Gasteiger charge is 2.34. The summed E-state index contributed by atoms with van der Waals surface area (Å²) in [6.45, 7) is 0.482. The van der Waals surface area contributed by atoms with Crippen molar-refractivity contribution < 1.29 is 9.90 Å². The fourth-order valence-corrected chi connectivity index (χ4v) is 2.42. The molecule has 2 aliphatic rings. The van der Waals surface area contributed by atoms with Gasteiger partial charge in [-0.15, -0.1) is 11.8 Å². The summed E-state index contributed by atoms with van der Waals surface area (Å²) in [7, 11) is 0. The maximum Gasteiger partial charge on any atom is 0.327 e. The van der Waals surface area contributed by atoms with Gasteiger partial charge >= 0.3 is 5.97 Å². The van der Waals surface area contributed by atoms with Gasteiger partial charge in [-0.25, -0.2) is 4.79 Å². The molecule has 0 aliphatic carbocycles. The van der Waals surface area contributed by atoms with Crippen molar-refractivity contribution in [3.63, 3.8) is 0 Å². The van der Waals surface area contributed by atoms with Crippen molar-refractivity contribution in [2.45, 2.75) is 6.04 Å². The first kappa shape index (κ1) is 7.67. The lowest BCUT2D eigenvalue weighted by atomic mass is 10.3. The monoisotopic (exact) mass is 184 g/mol. The molecule has 1 N–H and O–H groups in total. The maximum atomic E-state index is 10.7. The minimum absolute atomic E-state index is 0.390. The topological polar surface area (TPSA) is 52.9 Å². The molecule has 0 spiro atoms. The van der Waals surface area contributed by atoms with Gasteiger partial charge in [0.15, 0.2) is 0 Å². The summed E-state index contributed by atoms with van der Waals surface area (Å²) in [6, 6.07) is -0.390. The van der Waals surface area contributed by atoms with E-state index < -0.39 is 12.0 Å². The third kappa shape index (κ3) is 1.10. The van der Waals surface area contributed by atoms with Crippen molar-refractivity contribution in [3.8, 4) is 0 Å². The highest BCUT2D eigenvalue weighted by Crippen LogP contribution is 2.33. The minimum Gasteiger partial charge on any atom is -0.480 e. The molecular weight excluding hydrogens is 176 g/mol. The molecule has 0 saturated carbocycles. The molecule has 0 bridgehead atoms. The van der Waals surface area contributed by atoms with Crippen LogP contribution in [0.3, 0.4) is 0 Å². The van der Waals surface area contributed by atoms with Crippen LogP contribution in [-0.4, -0.2) is 40.7 Å². The van der Waals surface area contributed by atoms with E-state index in [1.54, 1.807) is 18.0 Å². The van der Waals surface area contributed by atoms with Gasteiger partial charge in [-0.05, 0) is 6.08 Å². The Morgan fingerprint density at radius 2 is 2.67 bits per heavy atom. The molecule has 0 radical (unpaired) electrons. The van der Waals surface area contributed by atoms with Crippen LogP contribution < -0.4 is 0 Å². The first-order chi connectivity index (χ1) is 5.79. The van der Waals surface area contributed by atoms with Crippen LogP contribution in [0.5, 0.6) is 0 Å². The molecule has 0 aromatic rings. The van der Waals surface area contributed by atoms with Gasteiger partial charge in [0.05, 0.1) is 5.03 Å². The zero-order chi connectivity index (χ0) is 8.55. The van der Waals surface area contributed by atoms with Gasteiger partial charge in [0.25, 0.3) is 0 Å². The summed E-state index contributed by atoms with van der Waals surface area (Å²) < 4.78 is 0. The fraction of sp³-hybridized carbons (Fsp3) is 0.429. The highest BCUT2D eigenvalue weighted by molar-refractivity contribution is 8.03. The second-order valence-electron chi connectivity index (χ2n) is 2.61. The van der Waals surface area contributed by atoms with Crippen molar-refractivity contribution in [3.05, 3.63) is 11.1 Å². The number of thioether (sulfide) groups is 1. The summed E-state index contributed by atoms with van der Waals surface area (Å²) in [5.41, 5.74) is 0. The van der Waals surface area contributed by atoms with E-state index in [1.165, 1.54) is 0 Å². The van der Waals surface area contributed by atoms with Crippen molar-refractivity contribution in [2.24, 2.45) is 4.99 Å². The number of carboxylic acid groups (broad SMARTS) is 1. The standard InChI is InChI=1S/C7H8N2O2S/c10-7(11)5-3-12-6-1-2-8-4-9(5)6/h1-2,5H,3-4H2,(H,10,11). The van der Waals surface area contributed by atoms with E-state index in [4.69, 9.17) is 5.11 Å². The third-order valence-corrected chi connectivity index (χ3v) is 3.04. The Morgan fingerprint density at radius 3 is 3.42 bits per heavy atom. The molecule has 0 amide bonds. The third-order valence-electron chi connectivity index (χ3n) is 1.89. The molecule has 0 aromatic heterocycles. The number of carbonyl (C=O) groups is 1. The molecule has 5 heteroatoms. The average Bonchev–Trinajstić information content (AvgIpc) is 2.47. The number of carboxylic acids is 1. The maximum absolute atomic E-state index is 10.7. The Hall–Kier alpha value is -0.970. The van der Waals surface area contributed by atoms with Crippen LogP contribution in [0.1, 0.15) is 0 Å². The quantitative estimate of drug-likeness (QED) is 0.639. The second-order valence-corrected chi connectivity index (χ2v) is 3.65. The first-order valence-electron chi connectivity index (χ1n) is 3.61. The van der Waals surface area contributed by atoms with Crippen LogP contribution in [0, 0.1) is 0 Å². The highest BCUT2D eigenvalue weighted by atomic mass is 32.2. The number of hydrogen-bond donors (Lipinski definition) is 1. The Bertz CT molecular complexity index is 275.